The van der Waals surface area contributed by atoms with Crippen LogP contribution in [0.15, 0.2) is 59.2 Å². The van der Waals surface area contributed by atoms with Crippen LogP contribution in [0.25, 0.3) is 0 Å². The summed E-state index contributed by atoms with van der Waals surface area (Å²) in [5.74, 6) is -0.485. The summed E-state index contributed by atoms with van der Waals surface area (Å²) in [6, 6.07) is 12.6. The lowest BCUT2D eigenvalue weighted by atomic mass is 9.93. The number of benzene rings is 2. The van der Waals surface area contributed by atoms with Gasteiger partial charge < -0.3 is 14.5 Å². The van der Waals surface area contributed by atoms with E-state index in [0.29, 0.717) is 22.8 Å². The summed E-state index contributed by atoms with van der Waals surface area (Å²) in [4.78, 5) is 51.8. The van der Waals surface area contributed by atoms with Crippen LogP contribution in [0.2, 0.25) is 0 Å². The van der Waals surface area contributed by atoms with E-state index in [2.05, 4.69) is 5.32 Å². The Bertz CT molecular complexity index is 1320. The number of ketones is 1. The van der Waals surface area contributed by atoms with Crippen molar-refractivity contribution in [3.8, 4) is 5.75 Å². The van der Waals surface area contributed by atoms with Crippen molar-refractivity contribution in [2.45, 2.75) is 32.4 Å². The Kier molecular flexibility index (Phi) is 4.67. The fourth-order valence-electron chi connectivity index (χ4n) is 4.07. The molecule has 33 heavy (non-hydrogen) atoms. The first-order valence-electron chi connectivity index (χ1n) is 10.4. The number of furan rings is 1. The van der Waals surface area contributed by atoms with Crippen molar-refractivity contribution in [2.24, 2.45) is 0 Å². The molecule has 0 saturated carbocycles. The second-order valence-corrected chi connectivity index (χ2v) is 8.66. The highest BCUT2D eigenvalue weighted by Crippen LogP contribution is 2.34. The summed E-state index contributed by atoms with van der Waals surface area (Å²) in [6.45, 7) is 3.71. The number of carbonyl (C=O) groups is 4. The van der Waals surface area contributed by atoms with Crippen LogP contribution in [0.3, 0.4) is 0 Å². The van der Waals surface area contributed by atoms with E-state index < -0.39 is 23.3 Å². The van der Waals surface area contributed by atoms with E-state index in [9.17, 15) is 19.2 Å². The molecule has 2 aliphatic rings. The van der Waals surface area contributed by atoms with Crippen molar-refractivity contribution in [3.63, 3.8) is 0 Å². The van der Waals surface area contributed by atoms with Crippen molar-refractivity contribution in [2.75, 3.05) is 5.32 Å². The first-order chi connectivity index (χ1) is 15.7. The molecular formula is C25H20N2O6. The van der Waals surface area contributed by atoms with E-state index in [1.165, 1.54) is 24.5 Å². The van der Waals surface area contributed by atoms with Gasteiger partial charge in [0.05, 0.1) is 35.9 Å². The Morgan fingerprint density at radius 3 is 2.55 bits per heavy atom. The Labute approximate surface area is 189 Å². The average molecular weight is 444 g/mol. The van der Waals surface area contributed by atoms with Crippen LogP contribution < -0.4 is 10.1 Å². The van der Waals surface area contributed by atoms with Crippen molar-refractivity contribution < 1.29 is 28.3 Å². The SMILES string of the molecule is CC1(C)CC(=O)c2cc(NC(=O)c3ccc4c(c3)C(=O)N(Cc3ccco3)C4=O)ccc2O1. The van der Waals surface area contributed by atoms with Crippen molar-refractivity contribution >= 4 is 29.2 Å². The molecule has 0 aliphatic carbocycles. The lowest BCUT2D eigenvalue weighted by Gasteiger charge is -2.31. The Morgan fingerprint density at radius 1 is 1.00 bits per heavy atom. The summed E-state index contributed by atoms with van der Waals surface area (Å²) in [5.41, 5.74) is 0.885. The van der Waals surface area contributed by atoms with Crippen molar-refractivity contribution in [1.82, 2.24) is 4.90 Å². The van der Waals surface area contributed by atoms with Crippen LogP contribution in [-0.2, 0) is 6.54 Å². The zero-order valence-corrected chi connectivity index (χ0v) is 18.0. The quantitative estimate of drug-likeness (QED) is 0.608. The van der Waals surface area contributed by atoms with Gasteiger partial charge in [0.15, 0.2) is 5.78 Å². The number of ether oxygens (including phenoxy) is 1. The van der Waals surface area contributed by atoms with Gasteiger partial charge in [-0.05, 0) is 62.4 Å². The fraction of sp³-hybridized carbons (Fsp3) is 0.200. The third kappa shape index (κ3) is 3.69. The molecule has 8 heteroatoms. The molecule has 2 aromatic carbocycles. The Morgan fingerprint density at radius 2 is 1.79 bits per heavy atom. The number of hydrogen-bond acceptors (Lipinski definition) is 6. The second-order valence-electron chi connectivity index (χ2n) is 8.66. The zero-order chi connectivity index (χ0) is 23.3. The molecule has 8 nitrogen and oxygen atoms in total. The summed E-state index contributed by atoms with van der Waals surface area (Å²) >= 11 is 0. The number of nitrogens with one attached hydrogen (secondary N) is 1. The molecular weight excluding hydrogens is 424 g/mol. The number of amides is 3. The van der Waals surface area contributed by atoms with Gasteiger partial charge in [0, 0.05) is 11.3 Å². The normalized spacial score (nSPS) is 16.3. The number of anilines is 1. The molecule has 0 atom stereocenters. The molecule has 0 saturated heterocycles. The Balaban J connectivity index is 1.36. The highest BCUT2D eigenvalue weighted by molar-refractivity contribution is 6.22. The van der Waals surface area contributed by atoms with Crippen LogP contribution in [-0.4, -0.2) is 34.0 Å². The van der Waals surface area contributed by atoms with Gasteiger partial charge in [0.1, 0.15) is 17.1 Å². The third-order valence-corrected chi connectivity index (χ3v) is 5.64. The van der Waals surface area contributed by atoms with E-state index >= 15 is 0 Å². The van der Waals surface area contributed by atoms with Gasteiger partial charge >= 0.3 is 0 Å². The minimum absolute atomic E-state index is 0.0168. The number of fused-ring (bicyclic) bond motifs is 2. The van der Waals surface area contributed by atoms with E-state index in [1.807, 2.05) is 13.8 Å². The molecule has 1 N–H and O–H groups in total. The third-order valence-electron chi connectivity index (χ3n) is 5.64. The molecule has 166 valence electrons. The number of Topliss-reactive ketones (excluding diaryl/α,β-unsaturated/α-hetero) is 1. The number of imide groups is 1. The molecule has 0 spiro atoms. The van der Waals surface area contributed by atoms with Gasteiger partial charge in [-0.15, -0.1) is 0 Å². The maximum atomic E-state index is 12.8. The topological polar surface area (TPSA) is 106 Å². The lowest BCUT2D eigenvalue weighted by molar-refractivity contribution is 0.0611. The molecule has 0 bridgehead atoms. The highest BCUT2D eigenvalue weighted by Gasteiger charge is 2.37. The van der Waals surface area contributed by atoms with Gasteiger partial charge in [-0.2, -0.15) is 0 Å². The molecule has 3 amide bonds. The van der Waals surface area contributed by atoms with Crippen LogP contribution in [0.4, 0.5) is 5.69 Å². The Hall–Kier alpha value is -4.20. The molecule has 2 aliphatic heterocycles. The van der Waals surface area contributed by atoms with Gasteiger partial charge in [-0.25, -0.2) is 0 Å². The van der Waals surface area contributed by atoms with Crippen molar-refractivity contribution in [3.05, 3.63) is 82.8 Å². The number of nitrogens with zero attached hydrogens (tertiary/aromatic N) is 1. The van der Waals surface area contributed by atoms with E-state index in [-0.39, 0.29) is 35.4 Å². The van der Waals surface area contributed by atoms with Crippen LogP contribution in [0.5, 0.6) is 5.75 Å². The largest absolute Gasteiger partial charge is 0.487 e. The summed E-state index contributed by atoms with van der Waals surface area (Å²) < 4.78 is 11.1. The molecule has 0 unspecified atom stereocenters. The number of hydrogen-bond donors (Lipinski definition) is 1. The maximum absolute atomic E-state index is 12.8. The van der Waals surface area contributed by atoms with Gasteiger partial charge in [0.2, 0.25) is 0 Å². The van der Waals surface area contributed by atoms with Crippen LogP contribution in [0, 0.1) is 0 Å². The molecule has 5 rings (SSSR count). The average Bonchev–Trinajstić information content (AvgIpc) is 3.36. The van der Waals surface area contributed by atoms with Crippen LogP contribution in [0.1, 0.15) is 67.5 Å². The van der Waals surface area contributed by atoms with Gasteiger partial charge in [0.25, 0.3) is 17.7 Å². The fourth-order valence-corrected chi connectivity index (χ4v) is 4.07. The summed E-state index contributed by atoms with van der Waals surface area (Å²) in [5, 5.41) is 2.74. The minimum Gasteiger partial charge on any atom is -0.487 e. The molecule has 0 radical (unpaired) electrons. The lowest BCUT2D eigenvalue weighted by Crippen LogP contribution is -2.35. The number of rotatable bonds is 4. The van der Waals surface area contributed by atoms with Crippen LogP contribution >= 0.6 is 0 Å². The summed E-state index contributed by atoms with van der Waals surface area (Å²) in [7, 11) is 0. The molecule has 3 aromatic rings. The molecule has 1 aromatic heterocycles. The predicted molar refractivity (Wildman–Crippen MR) is 117 cm³/mol. The predicted octanol–water partition coefficient (Wildman–Crippen LogP) is 4.07. The van der Waals surface area contributed by atoms with Gasteiger partial charge in [-0.1, -0.05) is 0 Å². The van der Waals surface area contributed by atoms with E-state index in [0.717, 1.165) is 4.90 Å². The van der Waals surface area contributed by atoms with E-state index in [1.54, 1.807) is 30.3 Å². The van der Waals surface area contributed by atoms with Gasteiger partial charge in [-0.3, -0.25) is 24.1 Å². The molecule has 3 heterocycles. The summed E-state index contributed by atoms with van der Waals surface area (Å²) in [6.07, 6.45) is 1.71. The standard InChI is InChI=1S/C25H20N2O6/c1-25(2)12-20(28)19-11-15(6-8-21(19)33-25)26-22(29)14-5-7-17-18(10-14)24(31)27(23(17)30)13-16-4-3-9-32-16/h3-11H,12-13H2,1-2H3,(H,26,29). The maximum Gasteiger partial charge on any atom is 0.261 e. The highest BCUT2D eigenvalue weighted by atomic mass is 16.5. The molecule has 0 fully saturated rings. The van der Waals surface area contributed by atoms with Crippen molar-refractivity contribution in [1.29, 1.82) is 0 Å². The monoisotopic (exact) mass is 444 g/mol. The minimum atomic E-state index is -0.575. The number of carbonyl (C=O) groups excluding carboxylic acids is 4. The second kappa shape index (κ2) is 7.44. The zero-order valence-electron chi connectivity index (χ0n) is 18.0. The smallest absolute Gasteiger partial charge is 0.261 e. The van der Waals surface area contributed by atoms with E-state index in [4.69, 9.17) is 9.15 Å². The first-order valence-corrected chi connectivity index (χ1v) is 10.4. The first kappa shape index (κ1) is 20.7.